The molecule has 0 radical (unpaired) electrons. The van der Waals surface area contributed by atoms with Gasteiger partial charge in [-0.1, -0.05) is 12.1 Å². The summed E-state index contributed by atoms with van der Waals surface area (Å²) >= 11 is 0. The monoisotopic (exact) mass is 334 g/mol. The number of amides is 2. The third-order valence-electron chi connectivity index (χ3n) is 3.43. The van der Waals surface area contributed by atoms with Crippen molar-refractivity contribution in [1.29, 1.82) is 0 Å². The number of rotatable bonds is 8. The molecule has 0 aliphatic heterocycles. The van der Waals surface area contributed by atoms with E-state index in [4.69, 9.17) is 9.47 Å². The molecule has 2 rings (SSSR count). The van der Waals surface area contributed by atoms with Crippen molar-refractivity contribution in [2.75, 3.05) is 13.2 Å². The molecule has 0 unspecified atom stereocenters. The highest BCUT2D eigenvalue weighted by Crippen LogP contribution is 2.19. The van der Waals surface area contributed by atoms with Gasteiger partial charge in [0.2, 0.25) is 0 Å². The minimum absolute atomic E-state index is 0.202. The molecule has 1 aromatic carbocycles. The Kier molecular flexibility index (Phi) is 6.17. The fourth-order valence-corrected chi connectivity index (χ4v) is 2.02. The maximum absolute atomic E-state index is 12.1. The number of esters is 1. The highest BCUT2D eigenvalue weighted by Gasteiger charge is 2.27. The van der Waals surface area contributed by atoms with Gasteiger partial charge in [0.25, 0.3) is 11.8 Å². The highest BCUT2D eigenvalue weighted by atomic mass is 16.5. The number of para-hydroxylation sites is 1. The number of hydrogen-bond donors (Lipinski definition) is 2. The SMILES string of the molecule is CCOc1ccccc1C(=O)NCC(=O)O[C@@H](C)C(=O)NC1CC1. The molecule has 1 aliphatic carbocycles. The van der Waals surface area contributed by atoms with Crippen molar-refractivity contribution in [2.24, 2.45) is 0 Å². The lowest BCUT2D eigenvalue weighted by Gasteiger charge is -2.14. The van der Waals surface area contributed by atoms with Gasteiger partial charge in [-0.2, -0.15) is 0 Å². The highest BCUT2D eigenvalue weighted by molar-refractivity contribution is 5.98. The van der Waals surface area contributed by atoms with E-state index in [2.05, 4.69) is 10.6 Å². The Labute approximate surface area is 140 Å². The fraction of sp³-hybridized carbons (Fsp3) is 0.471. The zero-order valence-electron chi connectivity index (χ0n) is 13.8. The van der Waals surface area contributed by atoms with Crippen LogP contribution in [-0.2, 0) is 14.3 Å². The first kappa shape index (κ1) is 17.8. The second-order valence-electron chi connectivity index (χ2n) is 5.53. The normalized spacial score (nSPS) is 14.4. The minimum atomic E-state index is -0.884. The minimum Gasteiger partial charge on any atom is -0.493 e. The smallest absolute Gasteiger partial charge is 0.326 e. The molecule has 1 aromatic rings. The Morgan fingerprint density at radius 3 is 2.62 bits per heavy atom. The van der Waals surface area contributed by atoms with Gasteiger partial charge in [-0.25, -0.2) is 0 Å². The third-order valence-corrected chi connectivity index (χ3v) is 3.43. The van der Waals surface area contributed by atoms with Gasteiger partial charge in [-0.05, 0) is 38.8 Å². The molecule has 1 fully saturated rings. The van der Waals surface area contributed by atoms with Crippen molar-refractivity contribution in [2.45, 2.75) is 38.8 Å². The maximum atomic E-state index is 12.1. The van der Waals surface area contributed by atoms with E-state index in [1.54, 1.807) is 24.3 Å². The van der Waals surface area contributed by atoms with Crippen LogP contribution in [0.2, 0.25) is 0 Å². The predicted molar refractivity (Wildman–Crippen MR) is 86.7 cm³/mol. The fourth-order valence-electron chi connectivity index (χ4n) is 2.02. The Bertz CT molecular complexity index is 613. The number of carbonyl (C=O) groups excluding carboxylic acids is 3. The van der Waals surface area contributed by atoms with Gasteiger partial charge in [0.15, 0.2) is 6.10 Å². The topological polar surface area (TPSA) is 93.7 Å². The first-order chi connectivity index (χ1) is 11.5. The molecule has 130 valence electrons. The molecule has 0 aromatic heterocycles. The van der Waals surface area contributed by atoms with E-state index in [9.17, 15) is 14.4 Å². The third kappa shape index (κ3) is 5.26. The standard InChI is InChI=1S/C17H22N2O5/c1-3-23-14-7-5-4-6-13(14)17(22)18-10-15(20)24-11(2)16(21)19-12-8-9-12/h4-7,11-12H,3,8-10H2,1-2H3,(H,18,22)(H,19,21)/t11-/m0/s1. The van der Waals surface area contributed by atoms with E-state index in [-0.39, 0.29) is 18.5 Å². The molecule has 2 N–H and O–H groups in total. The lowest BCUT2D eigenvalue weighted by atomic mass is 10.2. The number of carbonyl (C=O) groups is 3. The van der Waals surface area contributed by atoms with Crippen LogP contribution in [0.15, 0.2) is 24.3 Å². The first-order valence-corrected chi connectivity index (χ1v) is 8.01. The molecular weight excluding hydrogens is 312 g/mol. The summed E-state index contributed by atoms with van der Waals surface area (Å²) in [6, 6.07) is 6.96. The molecule has 0 spiro atoms. The van der Waals surface area contributed by atoms with Gasteiger partial charge in [0, 0.05) is 6.04 Å². The average Bonchev–Trinajstić information content (AvgIpc) is 3.37. The molecule has 7 heteroatoms. The van der Waals surface area contributed by atoms with Crippen LogP contribution in [0.1, 0.15) is 37.0 Å². The Hall–Kier alpha value is -2.57. The van der Waals surface area contributed by atoms with E-state index in [0.717, 1.165) is 12.8 Å². The van der Waals surface area contributed by atoms with Crippen LogP contribution < -0.4 is 15.4 Å². The predicted octanol–water partition coefficient (Wildman–Crippen LogP) is 1.03. The summed E-state index contributed by atoms with van der Waals surface area (Å²) in [7, 11) is 0. The van der Waals surface area contributed by atoms with Crippen LogP contribution in [-0.4, -0.2) is 43.1 Å². The molecular formula is C17H22N2O5. The Morgan fingerprint density at radius 1 is 1.25 bits per heavy atom. The van der Waals surface area contributed by atoms with Gasteiger partial charge in [-0.3, -0.25) is 14.4 Å². The summed E-state index contributed by atoms with van der Waals surface area (Å²) in [5.41, 5.74) is 0.340. The second-order valence-corrected chi connectivity index (χ2v) is 5.53. The van der Waals surface area contributed by atoms with Gasteiger partial charge < -0.3 is 20.1 Å². The number of benzene rings is 1. The van der Waals surface area contributed by atoms with E-state index in [0.29, 0.717) is 17.9 Å². The van der Waals surface area contributed by atoms with Crippen molar-refractivity contribution in [1.82, 2.24) is 10.6 Å². The lowest BCUT2D eigenvalue weighted by molar-refractivity contribution is -0.153. The summed E-state index contributed by atoms with van der Waals surface area (Å²) in [5.74, 6) is -0.983. The zero-order chi connectivity index (χ0) is 17.5. The molecule has 24 heavy (non-hydrogen) atoms. The zero-order valence-corrected chi connectivity index (χ0v) is 13.8. The van der Waals surface area contributed by atoms with E-state index < -0.39 is 18.0 Å². The van der Waals surface area contributed by atoms with Gasteiger partial charge in [0.1, 0.15) is 12.3 Å². The van der Waals surface area contributed by atoms with Crippen molar-refractivity contribution in [3.63, 3.8) is 0 Å². The van der Waals surface area contributed by atoms with Crippen molar-refractivity contribution >= 4 is 17.8 Å². The molecule has 1 atom stereocenters. The molecule has 7 nitrogen and oxygen atoms in total. The summed E-state index contributed by atoms with van der Waals surface area (Å²) in [6.45, 7) is 3.43. The van der Waals surface area contributed by atoms with Crippen LogP contribution in [0.4, 0.5) is 0 Å². The van der Waals surface area contributed by atoms with Crippen LogP contribution in [0, 0.1) is 0 Å². The summed E-state index contributed by atoms with van der Waals surface area (Å²) in [4.78, 5) is 35.6. The van der Waals surface area contributed by atoms with E-state index in [1.165, 1.54) is 6.92 Å². The average molecular weight is 334 g/mol. The van der Waals surface area contributed by atoms with Gasteiger partial charge >= 0.3 is 5.97 Å². The molecule has 2 amide bonds. The molecule has 1 aliphatic rings. The first-order valence-electron chi connectivity index (χ1n) is 8.01. The van der Waals surface area contributed by atoms with Crippen LogP contribution in [0.25, 0.3) is 0 Å². The van der Waals surface area contributed by atoms with E-state index >= 15 is 0 Å². The Balaban J connectivity index is 1.80. The van der Waals surface area contributed by atoms with Crippen LogP contribution in [0.5, 0.6) is 5.75 Å². The van der Waals surface area contributed by atoms with Crippen molar-refractivity contribution < 1.29 is 23.9 Å². The summed E-state index contributed by atoms with van der Waals surface area (Å²) in [5, 5.41) is 5.22. The van der Waals surface area contributed by atoms with Gasteiger partial charge in [0.05, 0.1) is 12.2 Å². The quantitative estimate of drug-likeness (QED) is 0.693. The van der Waals surface area contributed by atoms with Crippen molar-refractivity contribution in [3.8, 4) is 5.75 Å². The molecule has 0 heterocycles. The second kappa shape index (κ2) is 8.33. The summed E-state index contributed by atoms with van der Waals surface area (Å²) < 4.78 is 10.4. The number of hydrogen-bond acceptors (Lipinski definition) is 5. The Morgan fingerprint density at radius 2 is 1.96 bits per heavy atom. The molecule has 1 saturated carbocycles. The largest absolute Gasteiger partial charge is 0.493 e. The number of nitrogens with one attached hydrogen (secondary N) is 2. The van der Waals surface area contributed by atoms with Crippen molar-refractivity contribution in [3.05, 3.63) is 29.8 Å². The van der Waals surface area contributed by atoms with Crippen LogP contribution in [0.3, 0.4) is 0 Å². The lowest BCUT2D eigenvalue weighted by Crippen LogP contribution is -2.39. The summed E-state index contributed by atoms with van der Waals surface area (Å²) in [6.07, 6.45) is 1.04. The molecule has 0 bridgehead atoms. The van der Waals surface area contributed by atoms with Gasteiger partial charge in [-0.15, -0.1) is 0 Å². The maximum Gasteiger partial charge on any atom is 0.326 e. The number of ether oxygens (including phenoxy) is 2. The molecule has 0 saturated heterocycles. The van der Waals surface area contributed by atoms with Crippen LogP contribution >= 0.6 is 0 Å². The van der Waals surface area contributed by atoms with E-state index in [1.807, 2.05) is 6.92 Å².